The lowest BCUT2D eigenvalue weighted by Gasteiger charge is -2.24. The molecule has 2 heterocycles. The van der Waals surface area contributed by atoms with Gasteiger partial charge in [0.25, 0.3) is 0 Å². The summed E-state index contributed by atoms with van der Waals surface area (Å²) in [5, 5.41) is 0. The molecule has 0 aliphatic carbocycles. The van der Waals surface area contributed by atoms with Crippen LogP contribution >= 0.6 is 0 Å². The topological polar surface area (TPSA) is 27.7 Å². The third-order valence-electron chi connectivity index (χ3n) is 4.38. The Kier molecular flexibility index (Phi) is 4.40. The summed E-state index contributed by atoms with van der Waals surface area (Å²) in [6.07, 6.45) is 4.63. The highest BCUT2D eigenvalue weighted by Crippen LogP contribution is 2.34. The molecule has 1 unspecified atom stereocenters. The maximum atomic E-state index is 14.0. The van der Waals surface area contributed by atoms with Crippen LogP contribution in [0.15, 0.2) is 36.4 Å². The van der Waals surface area contributed by atoms with Crippen molar-refractivity contribution in [3.8, 4) is 11.5 Å². The molecule has 130 valence electrons. The van der Waals surface area contributed by atoms with Crippen LogP contribution in [0.5, 0.6) is 11.5 Å². The fourth-order valence-electron chi connectivity index (χ4n) is 3.07. The Morgan fingerprint density at radius 2 is 1.96 bits per heavy atom. The first-order chi connectivity index (χ1) is 12.2. The van der Waals surface area contributed by atoms with Crippen molar-refractivity contribution in [3.05, 3.63) is 59.2 Å². The first kappa shape index (κ1) is 16.1. The Labute approximate surface area is 144 Å². The third-order valence-corrected chi connectivity index (χ3v) is 4.38. The Bertz CT molecular complexity index is 811. The predicted molar refractivity (Wildman–Crippen MR) is 90.4 cm³/mol. The second kappa shape index (κ2) is 6.84. The molecule has 0 amide bonds. The molecule has 1 atom stereocenters. The number of benzene rings is 2. The molecular weight excluding hydrogens is 326 g/mol. The number of hydrogen-bond acceptors (Lipinski definition) is 3. The van der Waals surface area contributed by atoms with Crippen LogP contribution in [0, 0.1) is 11.6 Å². The molecular formula is C20H18F2O3. The van der Waals surface area contributed by atoms with Gasteiger partial charge in [0.05, 0.1) is 6.61 Å². The van der Waals surface area contributed by atoms with E-state index < -0.39 is 11.6 Å². The Balaban J connectivity index is 1.57. The van der Waals surface area contributed by atoms with Gasteiger partial charge < -0.3 is 14.2 Å². The van der Waals surface area contributed by atoms with E-state index in [1.807, 2.05) is 24.3 Å². The van der Waals surface area contributed by atoms with E-state index in [1.54, 1.807) is 0 Å². The second-order valence-electron chi connectivity index (χ2n) is 6.20. The van der Waals surface area contributed by atoms with Gasteiger partial charge in [-0.3, -0.25) is 0 Å². The number of rotatable bonds is 3. The molecule has 3 nitrogen and oxygen atoms in total. The van der Waals surface area contributed by atoms with E-state index in [2.05, 4.69) is 0 Å². The summed E-state index contributed by atoms with van der Waals surface area (Å²) < 4.78 is 44.5. The fourth-order valence-corrected chi connectivity index (χ4v) is 3.07. The summed E-state index contributed by atoms with van der Waals surface area (Å²) in [7, 11) is 0. The highest BCUT2D eigenvalue weighted by Gasteiger charge is 2.19. The summed E-state index contributed by atoms with van der Waals surface area (Å²) in [4.78, 5) is 0. The first-order valence-electron chi connectivity index (χ1n) is 8.40. The second-order valence-corrected chi connectivity index (χ2v) is 6.20. The minimum atomic E-state index is -0.473. The van der Waals surface area contributed by atoms with Gasteiger partial charge in [0.2, 0.25) is 0 Å². The van der Waals surface area contributed by atoms with E-state index in [9.17, 15) is 8.78 Å². The molecule has 0 radical (unpaired) electrons. The molecule has 5 heteroatoms. The summed E-state index contributed by atoms with van der Waals surface area (Å²) in [6, 6.07) is 8.91. The van der Waals surface area contributed by atoms with Crippen molar-refractivity contribution in [3.63, 3.8) is 0 Å². The van der Waals surface area contributed by atoms with E-state index >= 15 is 0 Å². The number of hydrogen-bond donors (Lipinski definition) is 0. The molecule has 25 heavy (non-hydrogen) atoms. The van der Waals surface area contributed by atoms with Gasteiger partial charge in [-0.15, -0.1) is 0 Å². The van der Waals surface area contributed by atoms with Crippen molar-refractivity contribution in [1.82, 2.24) is 0 Å². The molecule has 2 aromatic rings. The molecule has 0 bridgehead atoms. The van der Waals surface area contributed by atoms with Crippen molar-refractivity contribution in [2.75, 3.05) is 13.2 Å². The Hall–Kier alpha value is -2.40. The van der Waals surface area contributed by atoms with Gasteiger partial charge in [0, 0.05) is 29.2 Å². The van der Waals surface area contributed by atoms with E-state index in [0.717, 1.165) is 43.6 Å². The molecule has 0 saturated carbocycles. The van der Waals surface area contributed by atoms with Crippen molar-refractivity contribution in [2.45, 2.75) is 25.6 Å². The molecule has 1 fully saturated rings. The molecule has 0 N–H and O–H groups in total. The van der Waals surface area contributed by atoms with E-state index in [0.29, 0.717) is 17.1 Å². The minimum absolute atomic E-state index is 0.177. The molecule has 2 aliphatic rings. The third kappa shape index (κ3) is 3.51. The maximum Gasteiger partial charge on any atom is 0.199 e. The standard InChI is InChI=1S/C20H18F2O3/c21-15-5-7-18(22)17(10-15)14-9-13-4-6-16(11-19(13)24-12-14)25-20-3-1-2-8-23-20/h4-7,9-11,20H,1-3,8,12H2. The van der Waals surface area contributed by atoms with Crippen LogP contribution in [0.4, 0.5) is 8.78 Å². The smallest absolute Gasteiger partial charge is 0.199 e. The molecule has 0 spiro atoms. The minimum Gasteiger partial charge on any atom is -0.488 e. The predicted octanol–water partition coefficient (Wildman–Crippen LogP) is 4.80. The van der Waals surface area contributed by atoms with Gasteiger partial charge in [-0.25, -0.2) is 8.78 Å². The molecule has 0 aromatic heterocycles. The van der Waals surface area contributed by atoms with Crippen LogP contribution in [-0.2, 0) is 4.74 Å². The van der Waals surface area contributed by atoms with Crippen LogP contribution < -0.4 is 9.47 Å². The Morgan fingerprint density at radius 1 is 1.04 bits per heavy atom. The monoisotopic (exact) mass is 344 g/mol. The van der Waals surface area contributed by atoms with Crippen LogP contribution in [0.2, 0.25) is 0 Å². The molecule has 1 saturated heterocycles. The average Bonchev–Trinajstić information content (AvgIpc) is 2.64. The number of fused-ring (bicyclic) bond motifs is 1. The van der Waals surface area contributed by atoms with Crippen molar-refractivity contribution >= 4 is 11.6 Å². The van der Waals surface area contributed by atoms with Crippen LogP contribution in [0.1, 0.15) is 30.4 Å². The first-order valence-corrected chi connectivity index (χ1v) is 8.40. The summed E-state index contributed by atoms with van der Waals surface area (Å²) in [6.45, 7) is 0.897. The molecule has 2 aliphatic heterocycles. The summed E-state index contributed by atoms with van der Waals surface area (Å²) >= 11 is 0. The number of halogens is 2. The average molecular weight is 344 g/mol. The number of ether oxygens (including phenoxy) is 3. The summed E-state index contributed by atoms with van der Waals surface area (Å²) in [5.41, 5.74) is 1.64. The Morgan fingerprint density at radius 3 is 2.80 bits per heavy atom. The normalized spacial score (nSPS) is 19.6. The molecule has 2 aromatic carbocycles. The molecule has 4 rings (SSSR count). The lowest BCUT2D eigenvalue weighted by molar-refractivity contribution is -0.105. The van der Waals surface area contributed by atoms with Gasteiger partial charge in [-0.1, -0.05) is 0 Å². The van der Waals surface area contributed by atoms with E-state index in [-0.39, 0.29) is 18.5 Å². The van der Waals surface area contributed by atoms with Crippen molar-refractivity contribution in [2.24, 2.45) is 0 Å². The van der Waals surface area contributed by atoms with Crippen LogP contribution in [0.25, 0.3) is 11.6 Å². The SMILES string of the molecule is Fc1ccc(F)c(C2=Cc3ccc(OC4CCCCO4)cc3OC2)c1. The van der Waals surface area contributed by atoms with Crippen molar-refractivity contribution < 1.29 is 23.0 Å². The van der Waals surface area contributed by atoms with Crippen molar-refractivity contribution in [1.29, 1.82) is 0 Å². The highest BCUT2D eigenvalue weighted by molar-refractivity contribution is 5.86. The zero-order valence-electron chi connectivity index (χ0n) is 13.6. The van der Waals surface area contributed by atoms with E-state index in [4.69, 9.17) is 14.2 Å². The van der Waals surface area contributed by atoms with Gasteiger partial charge in [0.1, 0.15) is 29.7 Å². The van der Waals surface area contributed by atoms with Gasteiger partial charge in [-0.05, 0) is 49.2 Å². The fraction of sp³-hybridized carbons (Fsp3) is 0.300. The van der Waals surface area contributed by atoms with E-state index in [1.165, 1.54) is 6.07 Å². The van der Waals surface area contributed by atoms with Gasteiger partial charge in [-0.2, -0.15) is 0 Å². The van der Waals surface area contributed by atoms with Gasteiger partial charge >= 0.3 is 0 Å². The van der Waals surface area contributed by atoms with Crippen LogP contribution in [0.3, 0.4) is 0 Å². The zero-order valence-corrected chi connectivity index (χ0v) is 13.6. The van der Waals surface area contributed by atoms with Crippen LogP contribution in [-0.4, -0.2) is 19.5 Å². The van der Waals surface area contributed by atoms with Gasteiger partial charge in [0.15, 0.2) is 6.29 Å². The lowest BCUT2D eigenvalue weighted by atomic mass is 10.00. The zero-order chi connectivity index (χ0) is 17.2. The largest absolute Gasteiger partial charge is 0.488 e. The highest BCUT2D eigenvalue weighted by atomic mass is 19.1. The lowest BCUT2D eigenvalue weighted by Crippen LogP contribution is -2.25. The summed E-state index contributed by atoms with van der Waals surface area (Å²) in [5.74, 6) is 0.404. The maximum absolute atomic E-state index is 14.0. The quantitative estimate of drug-likeness (QED) is 0.800.